The molecule has 0 spiro atoms. The predicted molar refractivity (Wildman–Crippen MR) is 57.2 cm³/mol. The van der Waals surface area contributed by atoms with Crippen molar-refractivity contribution in [1.82, 2.24) is 0 Å². The second-order valence-corrected chi connectivity index (χ2v) is 3.17. The van der Waals surface area contributed by atoms with E-state index in [9.17, 15) is 0 Å². The van der Waals surface area contributed by atoms with E-state index in [0.717, 1.165) is 11.3 Å². The van der Waals surface area contributed by atoms with Crippen LogP contribution in [0.1, 0.15) is 11.3 Å². The molecule has 0 aliphatic rings. The molecule has 76 valence electrons. The van der Waals surface area contributed by atoms with Crippen molar-refractivity contribution in [3.05, 3.63) is 60.1 Å². The van der Waals surface area contributed by atoms with Gasteiger partial charge in [0.05, 0.1) is 18.4 Å². The minimum absolute atomic E-state index is 0.494. The van der Waals surface area contributed by atoms with E-state index in [4.69, 9.17) is 9.62 Å². The number of nitrogens with zero attached hydrogens (tertiary/aromatic N) is 1. The highest BCUT2D eigenvalue weighted by Gasteiger charge is 2.06. The van der Waals surface area contributed by atoms with E-state index >= 15 is 0 Å². The van der Waals surface area contributed by atoms with Crippen LogP contribution in [0.15, 0.2) is 58.3 Å². The maximum absolute atomic E-state index is 8.92. The molecule has 1 N–H and O–H groups in total. The molecule has 2 rings (SSSR count). The molecule has 2 aromatic rings. The molecule has 0 radical (unpaired) electrons. The summed E-state index contributed by atoms with van der Waals surface area (Å²) >= 11 is 0. The number of hydrogen-bond donors (Lipinski definition) is 1. The number of oxime groups is 1. The van der Waals surface area contributed by atoms with Crippen molar-refractivity contribution in [1.29, 1.82) is 0 Å². The van der Waals surface area contributed by atoms with Gasteiger partial charge in [-0.2, -0.15) is 0 Å². The normalized spacial score (nSPS) is 11.6. The SMILES string of the molecule is O/N=C(/Cc1ccco1)c1ccccc1. The van der Waals surface area contributed by atoms with Gasteiger partial charge >= 0.3 is 0 Å². The molecule has 0 saturated carbocycles. The Morgan fingerprint density at radius 3 is 2.53 bits per heavy atom. The first kappa shape index (κ1) is 9.52. The Labute approximate surface area is 87.7 Å². The van der Waals surface area contributed by atoms with Crippen molar-refractivity contribution in [3.63, 3.8) is 0 Å². The van der Waals surface area contributed by atoms with Crippen LogP contribution in [0.25, 0.3) is 0 Å². The molecule has 15 heavy (non-hydrogen) atoms. The Morgan fingerprint density at radius 2 is 1.93 bits per heavy atom. The highest BCUT2D eigenvalue weighted by molar-refractivity contribution is 6.01. The minimum atomic E-state index is 0.494. The smallest absolute Gasteiger partial charge is 0.109 e. The summed E-state index contributed by atoms with van der Waals surface area (Å²) in [6, 6.07) is 13.2. The van der Waals surface area contributed by atoms with Crippen LogP contribution in [0.2, 0.25) is 0 Å². The molecule has 3 nitrogen and oxygen atoms in total. The molecule has 1 aromatic carbocycles. The van der Waals surface area contributed by atoms with E-state index in [1.165, 1.54) is 0 Å². The lowest BCUT2D eigenvalue weighted by Crippen LogP contribution is -2.04. The highest BCUT2D eigenvalue weighted by atomic mass is 16.4. The van der Waals surface area contributed by atoms with E-state index < -0.39 is 0 Å². The molecule has 1 heterocycles. The Hall–Kier alpha value is -2.03. The number of hydrogen-bond acceptors (Lipinski definition) is 3. The van der Waals surface area contributed by atoms with Crippen LogP contribution in [0.5, 0.6) is 0 Å². The molecule has 0 bridgehead atoms. The van der Waals surface area contributed by atoms with Gasteiger partial charge in [-0.3, -0.25) is 0 Å². The topological polar surface area (TPSA) is 45.7 Å². The predicted octanol–water partition coefficient (Wildman–Crippen LogP) is 2.70. The number of benzene rings is 1. The summed E-state index contributed by atoms with van der Waals surface area (Å²) in [6.45, 7) is 0. The summed E-state index contributed by atoms with van der Waals surface area (Å²) in [6.07, 6.45) is 2.10. The van der Waals surface area contributed by atoms with Crippen molar-refractivity contribution < 1.29 is 9.62 Å². The molecular formula is C12H11NO2. The van der Waals surface area contributed by atoms with Crippen LogP contribution < -0.4 is 0 Å². The van der Waals surface area contributed by atoms with E-state index in [-0.39, 0.29) is 0 Å². The largest absolute Gasteiger partial charge is 0.469 e. The van der Waals surface area contributed by atoms with Crippen LogP contribution in [-0.2, 0) is 6.42 Å². The van der Waals surface area contributed by atoms with Crippen molar-refractivity contribution in [2.75, 3.05) is 0 Å². The van der Waals surface area contributed by atoms with Crippen LogP contribution >= 0.6 is 0 Å². The third-order valence-electron chi connectivity index (χ3n) is 2.15. The zero-order chi connectivity index (χ0) is 10.5. The second-order valence-electron chi connectivity index (χ2n) is 3.17. The first-order chi connectivity index (χ1) is 7.40. The first-order valence-corrected chi connectivity index (χ1v) is 4.69. The van der Waals surface area contributed by atoms with Gasteiger partial charge in [0.2, 0.25) is 0 Å². The standard InChI is InChI=1S/C12H11NO2/c14-13-12(9-11-7-4-8-15-11)10-5-2-1-3-6-10/h1-8,14H,9H2/b13-12-. The van der Waals surface area contributed by atoms with Gasteiger partial charge in [-0.25, -0.2) is 0 Å². The van der Waals surface area contributed by atoms with Crippen LogP contribution in [0.3, 0.4) is 0 Å². The molecule has 0 aliphatic carbocycles. The molecule has 0 amide bonds. The first-order valence-electron chi connectivity index (χ1n) is 4.69. The molecule has 0 fully saturated rings. The fourth-order valence-corrected chi connectivity index (χ4v) is 1.40. The highest BCUT2D eigenvalue weighted by Crippen LogP contribution is 2.08. The monoisotopic (exact) mass is 201 g/mol. The fourth-order valence-electron chi connectivity index (χ4n) is 1.40. The van der Waals surface area contributed by atoms with Crippen molar-refractivity contribution in [2.24, 2.45) is 5.16 Å². The lowest BCUT2D eigenvalue weighted by atomic mass is 10.1. The third kappa shape index (κ3) is 2.26. The van der Waals surface area contributed by atoms with Crippen molar-refractivity contribution in [2.45, 2.75) is 6.42 Å². The minimum Gasteiger partial charge on any atom is -0.469 e. The van der Waals surface area contributed by atoms with Gasteiger partial charge in [0.1, 0.15) is 5.76 Å². The average molecular weight is 201 g/mol. The molecule has 0 unspecified atom stereocenters. The molecule has 3 heteroatoms. The Kier molecular flexibility index (Phi) is 2.83. The van der Waals surface area contributed by atoms with Gasteiger partial charge in [0.25, 0.3) is 0 Å². The maximum Gasteiger partial charge on any atom is 0.109 e. The molecule has 0 atom stereocenters. The molecule has 1 aromatic heterocycles. The van der Waals surface area contributed by atoms with Gasteiger partial charge < -0.3 is 9.62 Å². The molecule has 0 saturated heterocycles. The summed E-state index contributed by atoms with van der Waals surface area (Å²) in [4.78, 5) is 0. The van der Waals surface area contributed by atoms with Crippen LogP contribution in [0, 0.1) is 0 Å². The molecular weight excluding hydrogens is 190 g/mol. The second kappa shape index (κ2) is 4.46. The van der Waals surface area contributed by atoms with E-state index in [0.29, 0.717) is 12.1 Å². The van der Waals surface area contributed by atoms with Crippen molar-refractivity contribution in [3.8, 4) is 0 Å². The van der Waals surface area contributed by atoms with E-state index in [1.54, 1.807) is 6.26 Å². The zero-order valence-corrected chi connectivity index (χ0v) is 8.13. The van der Waals surface area contributed by atoms with Gasteiger partial charge in [-0.1, -0.05) is 35.5 Å². The number of furan rings is 1. The van der Waals surface area contributed by atoms with Gasteiger partial charge in [-0.15, -0.1) is 0 Å². The van der Waals surface area contributed by atoms with E-state index in [1.807, 2.05) is 42.5 Å². The number of rotatable bonds is 3. The van der Waals surface area contributed by atoms with Gasteiger partial charge in [-0.05, 0) is 17.7 Å². The Balaban J connectivity index is 2.20. The lowest BCUT2D eigenvalue weighted by Gasteiger charge is -2.01. The quantitative estimate of drug-likeness (QED) is 0.471. The summed E-state index contributed by atoms with van der Waals surface area (Å²) in [5, 5.41) is 12.2. The Morgan fingerprint density at radius 1 is 1.13 bits per heavy atom. The van der Waals surface area contributed by atoms with Crippen molar-refractivity contribution >= 4 is 5.71 Å². The maximum atomic E-state index is 8.92. The summed E-state index contributed by atoms with van der Waals surface area (Å²) in [7, 11) is 0. The van der Waals surface area contributed by atoms with Gasteiger partial charge in [0, 0.05) is 0 Å². The van der Waals surface area contributed by atoms with E-state index in [2.05, 4.69) is 5.16 Å². The van der Waals surface area contributed by atoms with Gasteiger partial charge in [0.15, 0.2) is 0 Å². The lowest BCUT2D eigenvalue weighted by molar-refractivity contribution is 0.318. The molecule has 0 aliphatic heterocycles. The third-order valence-corrected chi connectivity index (χ3v) is 2.15. The average Bonchev–Trinajstić information content (AvgIpc) is 2.80. The Bertz CT molecular complexity index is 432. The summed E-state index contributed by atoms with van der Waals surface area (Å²) in [5.41, 5.74) is 1.50. The zero-order valence-electron chi connectivity index (χ0n) is 8.13. The van der Waals surface area contributed by atoms with Crippen LogP contribution in [-0.4, -0.2) is 10.9 Å². The fraction of sp³-hybridized carbons (Fsp3) is 0.0833. The van der Waals surface area contributed by atoms with Crippen LogP contribution in [0.4, 0.5) is 0 Å². The summed E-state index contributed by atoms with van der Waals surface area (Å²) < 4.78 is 5.20. The summed E-state index contributed by atoms with van der Waals surface area (Å²) in [5.74, 6) is 0.784.